The molecule has 12 heavy (non-hydrogen) atoms. The van der Waals surface area contributed by atoms with Crippen molar-refractivity contribution in [1.29, 1.82) is 0 Å². The Hall–Kier alpha value is -1.76. The maximum atomic E-state index is 11.1. The lowest BCUT2D eigenvalue weighted by Gasteiger charge is -1.97. The first-order chi connectivity index (χ1) is 5.79. The van der Waals surface area contributed by atoms with Gasteiger partial charge in [0, 0.05) is 0 Å². The lowest BCUT2D eigenvalue weighted by molar-refractivity contribution is 0.0519. The second-order valence-corrected chi connectivity index (χ2v) is 2.02. The Morgan fingerprint density at radius 3 is 3.25 bits per heavy atom. The number of nitrogens with one attached hydrogen (secondary N) is 1. The summed E-state index contributed by atoms with van der Waals surface area (Å²) in [6.45, 7) is 2.05. The van der Waals surface area contributed by atoms with Crippen molar-refractivity contribution in [1.82, 2.24) is 10.2 Å². The molecule has 1 rings (SSSR count). The minimum Gasteiger partial charge on any atom is -0.461 e. The molecule has 1 aromatic rings. The van der Waals surface area contributed by atoms with Gasteiger partial charge in [-0.2, -0.15) is 5.10 Å². The number of terminal acetylenes is 1. The molecule has 0 amide bonds. The van der Waals surface area contributed by atoms with Crippen LogP contribution in [0.25, 0.3) is 0 Å². The summed E-state index contributed by atoms with van der Waals surface area (Å²) in [5.41, 5.74) is 0.660. The van der Waals surface area contributed by atoms with Crippen molar-refractivity contribution < 1.29 is 9.53 Å². The largest absolute Gasteiger partial charge is 0.461 e. The van der Waals surface area contributed by atoms with Crippen molar-refractivity contribution in [3.63, 3.8) is 0 Å². The van der Waals surface area contributed by atoms with Crippen LogP contribution in [0, 0.1) is 12.3 Å². The van der Waals surface area contributed by atoms with E-state index in [0.29, 0.717) is 12.2 Å². The molecule has 0 unspecified atom stereocenters. The number of aromatic amines is 1. The molecule has 0 saturated heterocycles. The highest BCUT2D eigenvalue weighted by Gasteiger charge is 2.12. The van der Waals surface area contributed by atoms with Gasteiger partial charge in [0.05, 0.1) is 18.4 Å². The number of ether oxygens (including phenoxy) is 1. The highest BCUT2D eigenvalue weighted by Crippen LogP contribution is 2.03. The van der Waals surface area contributed by atoms with Crippen molar-refractivity contribution in [3.05, 3.63) is 17.5 Å². The molecule has 0 atom stereocenters. The summed E-state index contributed by atoms with van der Waals surface area (Å²) in [7, 11) is 0. The summed E-state index contributed by atoms with van der Waals surface area (Å²) in [6, 6.07) is 0. The van der Waals surface area contributed by atoms with Gasteiger partial charge in [-0.1, -0.05) is 5.92 Å². The van der Waals surface area contributed by atoms with Crippen LogP contribution in [-0.4, -0.2) is 22.8 Å². The van der Waals surface area contributed by atoms with Crippen molar-refractivity contribution in [3.8, 4) is 12.3 Å². The van der Waals surface area contributed by atoms with E-state index in [1.165, 1.54) is 6.20 Å². The third-order valence-corrected chi connectivity index (χ3v) is 1.27. The predicted octanol–water partition coefficient (Wildman–Crippen LogP) is 0.568. The minimum absolute atomic E-state index is 0.236. The smallest absolute Gasteiger partial charge is 0.357 e. The van der Waals surface area contributed by atoms with Crippen molar-refractivity contribution >= 4 is 5.97 Å². The Bertz CT molecular complexity index is 322. The molecule has 1 heterocycles. The Balaban J connectivity index is 2.88. The van der Waals surface area contributed by atoms with E-state index >= 15 is 0 Å². The van der Waals surface area contributed by atoms with Crippen LogP contribution < -0.4 is 0 Å². The minimum atomic E-state index is -0.469. The number of carbonyl (C=O) groups is 1. The Kier molecular flexibility index (Phi) is 2.49. The number of aromatic nitrogens is 2. The van der Waals surface area contributed by atoms with Gasteiger partial charge >= 0.3 is 5.97 Å². The average Bonchev–Trinajstić information content (AvgIpc) is 2.51. The average molecular weight is 164 g/mol. The number of nitrogens with zero attached hydrogens (tertiary/aromatic N) is 1. The molecule has 4 nitrogen and oxygen atoms in total. The zero-order valence-electron chi connectivity index (χ0n) is 6.63. The number of hydrogen-bond acceptors (Lipinski definition) is 3. The number of hydrogen-bond donors (Lipinski definition) is 1. The first-order valence-corrected chi connectivity index (χ1v) is 3.46. The Morgan fingerprint density at radius 1 is 1.92 bits per heavy atom. The summed E-state index contributed by atoms with van der Waals surface area (Å²) < 4.78 is 4.72. The van der Waals surface area contributed by atoms with Crippen LogP contribution in [0.1, 0.15) is 23.0 Å². The molecule has 4 heteroatoms. The van der Waals surface area contributed by atoms with E-state index in [2.05, 4.69) is 16.1 Å². The van der Waals surface area contributed by atoms with Crippen LogP contribution in [0.4, 0.5) is 0 Å². The van der Waals surface area contributed by atoms with Gasteiger partial charge in [-0.3, -0.25) is 5.10 Å². The molecular formula is C8H8N2O2. The fourth-order valence-electron chi connectivity index (χ4n) is 0.754. The Labute approximate surface area is 69.9 Å². The van der Waals surface area contributed by atoms with Gasteiger partial charge in [0.2, 0.25) is 0 Å². The van der Waals surface area contributed by atoms with Crippen LogP contribution in [-0.2, 0) is 4.74 Å². The molecule has 0 fully saturated rings. The van der Waals surface area contributed by atoms with E-state index in [1.807, 2.05) is 0 Å². The number of carbonyl (C=O) groups excluding carboxylic acids is 1. The summed E-state index contributed by atoms with van der Waals surface area (Å²) in [4.78, 5) is 11.1. The normalized spacial score (nSPS) is 9.00. The molecule has 0 radical (unpaired) electrons. The molecule has 0 aliphatic rings. The first kappa shape index (κ1) is 8.34. The van der Waals surface area contributed by atoms with E-state index in [9.17, 15) is 4.79 Å². The molecule has 0 aromatic carbocycles. The summed E-state index contributed by atoms with van der Waals surface area (Å²) in [5.74, 6) is 1.85. The Morgan fingerprint density at radius 2 is 2.67 bits per heavy atom. The van der Waals surface area contributed by atoms with E-state index < -0.39 is 5.97 Å². The van der Waals surface area contributed by atoms with E-state index in [4.69, 9.17) is 11.2 Å². The van der Waals surface area contributed by atoms with Crippen LogP contribution >= 0.6 is 0 Å². The lowest BCUT2D eigenvalue weighted by atomic mass is 10.2. The van der Waals surface area contributed by atoms with Gasteiger partial charge < -0.3 is 4.74 Å². The van der Waals surface area contributed by atoms with Gasteiger partial charge in [0.1, 0.15) is 0 Å². The predicted molar refractivity (Wildman–Crippen MR) is 42.5 cm³/mol. The third kappa shape index (κ3) is 1.45. The van der Waals surface area contributed by atoms with Crippen molar-refractivity contribution in [2.45, 2.75) is 6.92 Å². The molecule has 1 aromatic heterocycles. The highest BCUT2D eigenvalue weighted by atomic mass is 16.5. The standard InChI is InChI=1S/C8H8N2O2/c1-3-6-5-9-10-7(6)8(11)12-4-2/h1,5H,4H2,2H3,(H,9,10). The molecule has 0 aliphatic heterocycles. The fourth-order valence-corrected chi connectivity index (χ4v) is 0.754. The SMILES string of the molecule is C#Cc1cn[nH]c1C(=O)OCC. The fraction of sp³-hybridized carbons (Fsp3) is 0.250. The highest BCUT2D eigenvalue weighted by molar-refractivity contribution is 5.89. The van der Waals surface area contributed by atoms with E-state index in [1.54, 1.807) is 6.92 Å². The van der Waals surface area contributed by atoms with Gasteiger partial charge in [-0.15, -0.1) is 6.42 Å². The zero-order chi connectivity index (χ0) is 8.97. The van der Waals surface area contributed by atoms with Crippen LogP contribution in [0.15, 0.2) is 6.20 Å². The number of H-pyrrole nitrogens is 1. The van der Waals surface area contributed by atoms with E-state index in [-0.39, 0.29) is 5.69 Å². The maximum absolute atomic E-state index is 11.1. The first-order valence-electron chi connectivity index (χ1n) is 3.46. The van der Waals surface area contributed by atoms with Crippen LogP contribution in [0.3, 0.4) is 0 Å². The topological polar surface area (TPSA) is 55.0 Å². The quantitative estimate of drug-likeness (QED) is 0.513. The number of rotatable bonds is 2. The van der Waals surface area contributed by atoms with Crippen molar-refractivity contribution in [2.24, 2.45) is 0 Å². The summed E-state index contributed by atoms with van der Waals surface area (Å²) in [5, 5.41) is 6.10. The van der Waals surface area contributed by atoms with Gasteiger partial charge in [-0.25, -0.2) is 4.79 Å². The second-order valence-electron chi connectivity index (χ2n) is 2.02. The monoisotopic (exact) mass is 164 g/mol. The zero-order valence-corrected chi connectivity index (χ0v) is 6.63. The van der Waals surface area contributed by atoms with Gasteiger partial charge in [0.15, 0.2) is 5.69 Å². The third-order valence-electron chi connectivity index (χ3n) is 1.27. The summed E-state index contributed by atoms with van der Waals surface area (Å²) in [6.07, 6.45) is 6.52. The summed E-state index contributed by atoms with van der Waals surface area (Å²) >= 11 is 0. The van der Waals surface area contributed by atoms with Crippen LogP contribution in [0.2, 0.25) is 0 Å². The number of esters is 1. The maximum Gasteiger partial charge on any atom is 0.357 e. The van der Waals surface area contributed by atoms with Gasteiger partial charge in [0.25, 0.3) is 0 Å². The van der Waals surface area contributed by atoms with E-state index in [0.717, 1.165) is 0 Å². The molecule has 62 valence electrons. The van der Waals surface area contributed by atoms with Gasteiger partial charge in [-0.05, 0) is 6.92 Å². The molecular weight excluding hydrogens is 156 g/mol. The molecule has 0 aliphatic carbocycles. The lowest BCUT2D eigenvalue weighted by Crippen LogP contribution is -2.06. The molecule has 1 N–H and O–H groups in total. The molecule has 0 saturated carbocycles. The van der Waals surface area contributed by atoms with Crippen LogP contribution in [0.5, 0.6) is 0 Å². The van der Waals surface area contributed by atoms with Crippen molar-refractivity contribution in [2.75, 3.05) is 6.61 Å². The second kappa shape index (κ2) is 3.58. The molecule has 0 bridgehead atoms. The molecule has 0 spiro atoms.